The Balaban J connectivity index is 1.46. The summed E-state index contributed by atoms with van der Waals surface area (Å²) in [7, 11) is 0. The Hall–Kier alpha value is -2.95. The minimum absolute atomic E-state index is 0.0716. The Morgan fingerprint density at radius 1 is 0.600 bits per heavy atom. The zero-order valence-electron chi connectivity index (χ0n) is 20.5. The molecule has 0 radical (unpaired) electrons. The molecule has 0 aliphatic carbocycles. The van der Waals surface area contributed by atoms with E-state index in [0.717, 1.165) is 56.1 Å². The minimum Gasteiger partial charge on any atom is -0.457 e. The highest BCUT2D eigenvalue weighted by Crippen LogP contribution is 2.34. The van der Waals surface area contributed by atoms with Gasteiger partial charge in [-0.05, 0) is 93.8 Å². The lowest BCUT2D eigenvalue weighted by Gasteiger charge is -2.44. The lowest BCUT2D eigenvalue weighted by molar-refractivity contribution is 0.0425. The minimum atomic E-state index is -0.184. The van der Waals surface area contributed by atoms with Gasteiger partial charge in [0.2, 0.25) is 0 Å². The Bertz CT molecular complexity index is 1060. The first-order valence-corrected chi connectivity index (χ1v) is 13.2. The SMILES string of the molecule is O=C(c1ccc(Oc2ccccc2)cc1)[C@@H]([C@H](c1ccccc1)N1CCCCC1)N1CCCCC1. The molecule has 2 aliphatic heterocycles. The van der Waals surface area contributed by atoms with E-state index in [2.05, 4.69) is 40.1 Å². The van der Waals surface area contributed by atoms with E-state index in [1.807, 2.05) is 54.6 Å². The van der Waals surface area contributed by atoms with E-state index in [1.165, 1.54) is 31.2 Å². The van der Waals surface area contributed by atoms with Crippen LogP contribution in [0.25, 0.3) is 0 Å². The van der Waals surface area contributed by atoms with Crippen molar-refractivity contribution in [1.29, 1.82) is 0 Å². The summed E-state index contributed by atoms with van der Waals surface area (Å²) in [5.74, 6) is 1.77. The maximum Gasteiger partial charge on any atom is 0.181 e. The van der Waals surface area contributed by atoms with Gasteiger partial charge in [-0.2, -0.15) is 0 Å². The van der Waals surface area contributed by atoms with E-state index in [0.29, 0.717) is 0 Å². The van der Waals surface area contributed by atoms with Gasteiger partial charge < -0.3 is 4.74 Å². The maximum absolute atomic E-state index is 14.3. The predicted molar refractivity (Wildman–Crippen MR) is 141 cm³/mol. The number of piperidine rings is 2. The van der Waals surface area contributed by atoms with E-state index in [1.54, 1.807) is 0 Å². The molecule has 2 atom stereocenters. The Labute approximate surface area is 209 Å². The smallest absolute Gasteiger partial charge is 0.181 e. The number of hydrogen-bond acceptors (Lipinski definition) is 4. The number of para-hydroxylation sites is 1. The largest absolute Gasteiger partial charge is 0.457 e. The van der Waals surface area contributed by atoms with Gasteiger partial charge in [-0.1, -0.05) is 61.4 Å². The van der Waals surface area contributed by atoms with E-state index in [4.69, 9.17) is 4.74 Å². The van der Waals surface area contributed by atoms with Crippen LogP contribution in [-0.2, 0) is 0 Å². The lowest BCUT2D eigenvalue weighted by Crippen LogP contribution is -2.53. The van der Waals surface area contributed by atoms with E-state index in [9.17, 15) is 4.79 Å². The van der Waals surface area contributed by atoms with Crippen molar-refractivity contribution in [2.75, 3.05) is 26.2 Å². The molecule has 2 aliphatic rings. The van der Waals surface area contributed by atoms with E-state index >= 15 is 0 Å². The van der Waals surface area contributed by atoms with E-state index < -0.39 is 0 Å². The highest BCUT2D eigenvalue weighted by atomic mass is 16.5. The second-order valence-electron chi connectivity index (χ2n) is 9.80. The number of likely N-dealkylation sites (tertiary alicyclic amines) is 2. The number of carbonyl (C=O) groups excluding carboxylic acids is 1. The fourth-order valence-electron chi connectivity index (χ4n) is 5.63. The molecule has 4 heteroatoms. The fourth-order valence-corrected chi connectivity index (χ4v) is 5.63. The molecule has 3 aromatic carbocycles. The summed E-state index contributed by atoms with van der Waals surface area (Å²) in [6.07, 6.45) is 7.27. The number of nitrogens with zero attached hydrogens (tertiary/aromatic N) is 2. The quantitative estimate of drug-likeness (QED) is 0.343. The third kappa shape index (κ3) is 5.83. The molecule has 2 saturated heterocycles. The van der Waals surface area contributed by atoms with Crippen LogP contribution >= 0.6 is 0 Å². The molecule has 0 N–H and O–H groups in total. The standard InChI is InChI=1S/C31H36N2O2/c34-31(26-17-19-28(20-18-26)35-27-15-7-2-8-16-27)30(33-23-11-4-12-24-33)29(25-13-5-1-6-14-25)32-21-9-3-10-22-32/h1-2,5-8,13-20,29-30H,3-4,9-12,21-24H2/t29-,30+/m0/s1. The molecule has 0 spiro atoms. The number of rotatable bonds is 8. The van der Waals surface area contributed by atoms with Crippen LogP contribution in [0.1, 0.15) is 60.5 Å². The van der Waals surface area contributed by atoms with Crippen molar-refractivity contribution < 1.29 is 9.53 Å². The van der Waals surface area contributed by atoms with Crippen LogP contribution in [0.3, 0.4) is 0 Å². The Kier molecular flexibility index (Phi) is 7.92. The average Bonchev–Trinajstić information content (AvgIpc) is 2.94. The van der Waals surface area contributed by atoms with E-state index in [-0.39, 0.29) is 17.9 Å². The lowest BCUT2D eigenvalue weighted by atomic mass is 9.88. The monoisotopic (exact) mass is 468 g/mol. The van der Waals surface area contributed by atoms with Crippen molar-refractivity contribution in [3.05, 3.63) is 96.1 Å². The molecule has 0 bridgehead atoms. The second kappa shape index (κ2) is 11.7. The summed E-state index contributed by atoms with van der Waals surface area (Å²) >= 11 is 0. The van der Waals surface area contributed by atoms with Crippen molar-refractivity contribution in [2.45, 2.75) is 50.6 Å². The van der Waals surface area contributed by atoms with Gasteiger partial charge in [-0.15, -0.1) is 0 Å². The molecule has 35 heavy (non-hydrogen) atoms. The van der Waals surface area contributed by atoms with Crippen LogP contribution in [0.2, 0.25) is 0 Å². The van der Waals surface area contributed by atoms with Gasteiger partial charge in [0, 0.05) is 5.56 Å². The van der Waals surface area contributed by atoms with Gasteiger partial charge in [0.15, 0.2) is 5.78 Å². The number of ketones is 1. The highest BCUT2D eigenvalue weighted by molar-refractivity contribution is 6.00. The molecule has 4 nitrogen and oxygen atoms in total. The summed E-state index contributed by atoms with van der Waals surface area (Å²) in [5, 5.41) is 0. The maximum atomic E-state index is 14.3. The van der Waals surface area contributed by atoms with Crippen molar-refractivity contribution in [3.8, 4) is 11.5 Å². The summed E-state index contributed by atoms with van der Waals surface area (Å²) in [5.41, 5.74) is 2.02. The molecule has 2 fully saturated rings. The summed E-state index contributed by atoms with van der Waals surface area (Å²) in [6.45, 7) is 4.09. The number of carbonyl (C=O) groups is 1. The van der Waals surface area contributed by atoms with Gasteiger partial charge in [0.25, 0.3) is 0 Å². The molecule has 0 saturated carbocycles. The predicted octanol–water partition coefficient (Wildman–Crippen LogP) is 6.74. The molecule has 2 heterocycles. The average molecular weight is 469 g/mol. The third-order valence-corrected chi connectivity index (χ3v) is 7.39. The van der Waals surface area contributed by atoms with Crippen molar-refractivity contribution in [3.63, 3.8) is 0 Å². The summed E-state index contributed by atoms with van der Waals surface area (Å²) < 4.78 is 5.97. The van der Waals surface area contributed by atoms with Crippen LogP contribution in [-0.4, -0.2) is 47.8 Å². The fraction of sp³-hybridized carbons (Fsp3) is 0.387. The molecular formula is C31H36N2O2. The molecule has 0 aromatic heterocycles. The topological polar surface area (TPSA) is 32.8 Å². The highest BCUT2D eigenvalue weighted by Gasteiger charge is 2.39. The number of ether oxygens (including phenoxy) is 1. The van der Waals surface area contributed by atoms with Crippen LogP contribution in [0.5, 0.6) is 11.5 Å². The van der Waals surface area contributed by atoms with Crippen LogP contribution in [0, 0.1) is 0 Å². The van der Waals surface area contributed by atoms with Crippen LogP contribution < -0.4 is 4.74 Å². The molecule has 182 valence electrons. The molecular weight excluding hydrogens is 432 g/mol. The van der Waals surface area contributed by atoms with Gasteiger partial charge in [-0.25, -0.2) is 0 Å². The first-order valence-electron chi connectivity index (χ1n) is 13.2. The second-order valence-corrected chi connectivity index (χ2v) is 9.80. The Morgan fingerprint density at radius 2 is 1.11 bits per heavy atom. The van der Waals surface area contributed by atoms with Gasteiger partial charge in [-0.3, -0.25) is 14.6 Å². The first-order chi connectivity index (χ1) is 17.3. The number of Topliss-reactive ketones (excluding diaryl/α,β-unsaturated/α-hetero) is 1. The van der Waals surface area contributed by atoms with Gasteiger partial charge in [0.1, 0.15) is 11.5 Å². The number of hydrogen-bond donors (Lipinski definition) is 0. The molecule has 5 rings (SSSR count). The van der Waals surface area contributed by atoms with Crippen LogP contribution in [0.4, 0.5) is 0 Å². The van der Waals surface area contributed by atoms with Gasteiger partial charge >= 0.3 is 0 Å². The van der Waals surface area contributed by atoms with Crippen LogP contribution in [0.15, 0.2) is 84.9 Å². The third-order valence-electron chi connectivity index (χ3n) is 7.39. The Morgan fingerprint density at radius 3 is 1.71 bits per heavy atom. The van der Waals surface area contributed by atoms with Gasteiger partial charge in [0.05, 0.1) is 12.1 Å². The molecule has 0 unspecified atom stereocenters. The van der Waals surface area contributed by atoms with Crippen molar-refractivity contribution >= 4 is 5.78 Å². The zero-order valence-corrected chi connectivity index (χ0v) is 20.5. The number of benzene rings is 3. The molecule has 0 amide bonds. The zero-order chi connectivity index (χ0) is 23.9. The van der Waals surface area contributed by atoms with Crippen molar-refractivity contribution in [2.24, 2.45) is 0 Å². The summed E-state index contributed by atoms with van der Waals surface area (Å²) in [4.78, 5) is 19.3. The molecule has 3 aromatic rings. The first kappa shape index (κ1) is 23.8. The summed E-state index contributed by atoms with van der Waals surface area (Å²) in [6, 6.07) is 28.1. The van der Waals surface area contributed by atoms with Crippen molar-refractivity contribution in [1.82, 2.24) is 9.80 Å². The normalized spacial score (nSPS) is 19.1.